The van der Waals surface area contributed by atoms with Crippen molar-refractivity contribution >= 4 is 26.4 Å². The fourth-order valence-electron chi connectivity index (χ4n) is 3.92. The molecule has 32 heavy (non-hydrogen) atoms. The van der Waals surface area contributed by atoms with Gasteiger partial charge in [-0.25, -0.2) is 13.6 Å². The molecule has 5 rings (SSSR count). The van der Waals surface area contributed by atoms with Crippen LogP contribution in [-0.2, 0) is 14.5 Å². The predicted octanol–water partition coefficient (Wildman–Crippen LogP) is 3.61. The summed E-state index contributed by atoms with van der Waals surface area (Å²) in [5.74, 6) is 0.868. The fourth-order valence-corrected chi connectivity index (χ4v) is 4.81. The number of fused-ring (bicyclic) bond motifs is 1. The van der Waals surface area contributed by atoms with Crippen molar-refractivity contribution in [2.45, 2.75) is 4.90 Å². The van der Waals surface area contributed by atoms with E-state index in [4.69, 9.17) is 9.72 Å². The van der Waals surface area contributed by atoms with Gasteiger partial charge in [0.1, 0.15) is 17.0 Å². The van der Waals surface area contributed by atoms with Gasteiger partial charge in [0.05, 0.1) is 28.6 Å². The molecule has 1 aliphatic rings. The number of rotatable bonds is 4. The highest BCUT2D eigenvalue weighted by Gasteiger charge is 2.19. The molecule has 1 atom stereocenters. The summed E-state index contributed by atoms with van der Waals surface area (Å²) < 4.78 is 22.5. The predicted molar refractivity (Wildman–Crippen MR) is 126 cm³/mol. The second kappa shape index (κ2) is 8.33. The van der Waals surface area contributed by atoms with Gasteiger partial charge in [-0.1, -0.05) is 12.1 Å². The summed E-state index contributed by atoms with van der Waals surface area (Å²) in [6.45, 7) is 2.88. The number of hydrogen-bond acceptors (Lipinski definition) is 7. The fraction of sp³-hybridized carbons (Fsp3) is 0.261. The number of nitrogens with zero attached hydrogens (tertiary/aromatic N) is 5. The maximum absolute atomic E-state index is 12.9. The first kappa shape index (κ1) is 20.6. The lowest BCUT2D eigenvalue weighted by Gasteiger charge is -2.28. The van der Waals surface area contributed by atoms with E-state index in [9.17, 15) is 4.21 Å². The molecule has 8 nitrogen and oxygen atoms in total. The zero-order chi connectivity index (χ0) is 22.1. The Morgan fingerprint density at radius 3 is 2.72 bits per heavy atom. The molecule has 0 amide bonds. The van der Waals surface area contributed by atoms with Gasteiger partial charge in [0.15, 0.2) is 0 Å². The van der Waals surface area contributed by atoms with Crippen molar-refractivity contribution in [1.82, 2.24) is 20.2 Å². The second-order valence-electron chi connectivity index (χ2n) is 7.67. The Labute approximate surface area is 186 Å². The average Bonchev–Trinajstić information content (AvgIpc) is 3.38. The Morgan fingerprint density at radius 2 is 1.97 bits per heavy atom. The molecule has 164 valence electrons. The molecule has 0 saturated carbocycles. The molecular weight excluding hydrogens is 424 g/mol. The van der Waals surface area contributed by atoms with Crippen molar-refractivity contribution in [3.05, 3.63) is 54.9 Å². The number of anilines is 1. The summed E-state index contributed by atoms with van der Waals surface area (Å²) in [6.07, 6.45) is 5.15. The van der Waals surface area contributed by atoms with Crippen molar-refractivity contribution in [1.29, 1.82) is 0 Å². The van der Waals surface area contributed by atoms with Crippen LogP contribution in [0.15, 0.2) is 64.1 Å². The average molecular weight is 449 g/mol. The Balaban J connectivity index is 1.77. The molecule has 3 aromatic heterocycles. The number of H-pyrrole nitrogens is 1. The molecule has 1 unspecified atom stereocenters. The first-order valence-electron chi connectivity index (χ1n) is 10.4. The van der Waals surface area contributed by atoms with Crippen molar-refractivity contribution in [3.8, 4) is 22.5 Å². The highest BCUT2D eigenvalue weighted by Crippen LogP contribution is 2.35. The standard InChI is InChI=1S/C23H24N6O2S/c1-24-32(2,30)17-5-3-4-16(14-17)19-15-21(29-10-12-31-13-11-29)27-22-18(19)6-8-25-23(22)20-7-9-26-28-20/h3-9,14-15H,10-13H2,1-2H3,(H,26,28). The summed E-state index contributed by atoms with van der Waals surface area (Å²) in [7, 11) is -0.856. The van der Waals surface area contributed by atoms with Crippen LogP contribution in [0.5, 0.6) is 0 Å². The van der Waals surface area contributed by atoms with E-state index in [-0.39, 0.29) is 0 Å². The van der Waals surface area contributed by atoms with E-state index in [1.165, 1.54) is 0 Å². The highest BCUT2D eigenvalue weighted by atomic mass is 32.2. The van der Waals surface area contributed by atoms with E-state index in [0.29, 0.717) is 18.1 Å². The van der Waals surface area contributed by atoms with Gasteiger partial charge in [-0.2, -0.15) is 5.10 Å². The number of aromatic nitrogens is 4. The third-order valence-corrected chi connectivity index (χ3v) is 7.56. The summed E-state index contributed by atoms with van der Waals surface area (Å²) in [5, 5.41) is 8.06. The number of aromatic amines is 1. The lowest BCUT2D eigenvalue weighted by Crippen LogP contribution is -2.36. The van der Waals surface area contributed by atoms with Gasteiger partial charge in [0.25, 0.3) is 0 Å². The Bertz CT molecular complexity index is 1390. The first-order chi connectivity index (χ1) is 15.6. The smallest absolute Gasteiger partial charge is 0.130 e. The lowest BCUT2D eigenvalue weighted by atomic mass is 10.00. The molecule has 1 aromatic carbocycles. The van der Waals surface area contributed by atoms with Crippen molar-refractivity contribution in [3.63, 3.8) is 0 Å². The minimum absolute atomic E-state index is 0.668. The number of nitrogens with one attached hydrogen (secondary N) is 1. The van der Waals surface area contributed by atoms with Gasteiger partial charge in [-0.3, -0.25) is 10.1 Å². The van der Waals surface area contributed by atoms with Crippen molar-refractivity contribution in [2.75, 3.05) is 44.5 Å². The largest absolute Gasteiger partial charge is 0.378 e. The molecule has 1 fully saturated rings. The topological polar surface area (TPSA) is 96.4 Å². The van der Waals surface area contributed by atoms with Crippen LogP contribution in [0.3, 0.4) is 0 Å². The number of hydrogen-bond donors (Lipinski definition) is 1. The summed E-state index contributed by atoms with van der Waals surface area (Å²) in [6, 6.07) is 13.7. The van der Waals surface area contributed by atoms with Gasteiger partial charge in [-0.15, -0.1) is 0 Å². The highest BCUT2D eigenvalue weighted by molar-refractivity contribution is 7.93. The molecule has 0 bridgehead atoms. The Morgan fingerprint density at radius 1 is 1.12 bits per heavy atom. The maximum atomic E-state index is 12.9. The number of benzene rings is 1. The molecule has 9 heteroatoms. The molecule has 0 aliphatic carbocycles. The van der Waals surface area contributed by atoms with E-state index in [1.54, 1.807) is 25.7 Å². The van der Waals surface area contributed by atoms with E-state index >= 15 is 0 Å². The minimum Gasteiger partial charge on any atom is -0.378 e. The molecule has 0 radical (unpaired) electrons. The Kier molecular flexibility index (Phi) is 5.36. The lowest BCUT2D eigenvalue weighted by molar-refractivity contribution is 0.122. The third kappa shape index (κ3) is 3.74. The van der Waals surface area contributed by atoms with E-state index in [0.717, 1.165) is 52.3 Å². The van der Waals surface area contributed by atoms with Gasteiger partial charge < -0.3 is 9.64 Å². The van der Waals surface area contributed by atoms with Crippen LogP contribution in [0, 0.1) is 0 Å². The molecule has 4 heterocycles. The van der Waals surface area contributed by atoms with Crippen LogP contribution < -0.4 is 4.90 Å². The van der Waals surface area contributed by atoms with Crippen molar-refractivity contribution < 1.29 is 8.95 Å². The second-order valence-corrected chi connectivity index (χ2v) is 10.1. The van der Waals surface area contributed by atoms with E-state index < -0.39 is 9.73 Å². The third-order valence-electron chi connectivity index (χ3n) is 5.74. The molecule has 0 spiro atoms. The SMILES string of the molecule is CN=S(C)(=O)c1cccc(-c2cc(N3CCOCC3)nc3c(-c4ccn[nH]4)nccc23)c1. The summed E-state index contributed by atoms with van der Waals surface area (Å²) in [5.41, 5.74) is 4.31. The van der Waals surface area contributed by atoms with E-state index in [1.807, 2.05) is 36.4 Å². The molecule has 1 aliphatic heterocycles. The normalized spacial score (nSPS) is 16.1. The van der Waals surface area contributed by atoms with Crippen LogP contribution in [0.2, 0.25) is 0 Å². The molecular formula is C23H24N6O2S. The zero-order valence-electron chi connectivity index (χ0n) is 18.0. The molecule has 4 aromatic rings. The zero-order valence-corrected chi connectivity index (χ0v) is 18.8. The van der Waals surface area contributed by atoms with E-state index in [2.05, 4.69) is 30.5 Å². The first-order valence-corrected chi connectivity index (χ1v) is 12.3. The van der Waals surface area contributed by atoms with Crippen LogP contribution in [0.4, 0.5) is 5.82 Å². The molecule has 1 saturated heterocycles. The monoisotopic (exact) mass is 448 g/mol. The number of pyridine rings is 2. The number of morpholine rings is 1. The summed E-state index contributed by atoms with van der Waals surface area (Å²) >= 11 is 0. The van der Waals surface area contributed by atoms with Gasteiger partial charge >= 0.3 is 0 Å². The summed E-state index contributed by atoms with van der Waals surface area (Å²) in [4.78, 5) is 12.5. The maximum Gasteiger partial charge on any atom is 0.130 e. The number of ether oxygens (including phenoxy) is 1. The molecule has 1 N–H and O–H groups in total. The van der Waals surface area contributed by atoms with Crippen LogP contribution in [-0.4, -0.2) is 64.0 Å². The Hall–Kier alpha value is -3.30. The van der Waals surface area contributed by atoms with Gasteiger partial charge in [-0.05, 0) is 41.5 Å². The van der Waals surface area contributed by atoms with Crippen LogP contribution >= 0.6 is 0 Å². The minimum atomic E-state index is -2.45. The van der Waals surface area contributed by atoms with Gasteiger partial charge in [0, 0.05) is 49.1 Å². The van der Waals surface area contributed by atoms with Crippen molar-refractivity contribution in [2.24, 2.45) is 4.36 Å². The van der Waals surface area contributed by atoms with Crippen LogP contribution in [0.25, 0.3) is 33.4 Å². The van der Waals surface area contributed by atoms with Gasteiger partial charge in [0.2, 0.25) is 0 Å². The van der Waals surface area contributed by atoms with Crippen LogP contribution in [0.1, 0.15) is 0 Å². The quantitative estimate of drug-likeness (QED) is 0.512.